The second-order valence-electron chi connectivity index (χ2n) is 4.44. The van der Waals surface area contributed by atoms with Gasteiger partial charge in [-0.2, -0.15) is 0 Å². The Morgan fingerprint density at radius 3 is 2.52 bits per heavy atom. The summed E-state index contributed by atoms with van der Waals surface area (Å²) in [6, 6.07) is 9.75. The number of hydrogen-bond acceptors (Lipinski definition) is 4. The fourth-order valence-electron chi connectivity index (χ4n) is 1.84. The van der Waals surface area contributed by atoms with Crippen LogP contribution in [0.2, 0.25) is 5.15 Å². The van der Waals surface area contributed by atoms with E-state index in [1.807, 2.05) is 6.92 Å². The van der Waals surface area contributed by atoms with E-state index in [2.05, 4.69) is 9.97 Å². The molecule has 0 unspecified atom stereocenters. The maximum atomic E-state index is 12.8. The molecule has 2 rings (SSSR count). The van der Waals surface area contributed by atoms with Crippen LogP contribution in [0.1, 0.15) is 19.8 Å². The van der Waals surface area contributed by atoms with Crippen LogP contribution in [0, 0.1) is 0 Å². The molecule has 112 valence electrons. The van der Waals surface area contributed by atoms with Crippen LogP contribution < -0.4 is 4.31 Å². The van der Waals surface area contributed by atoms with Crippen LogP contribution in [0.5, 0.6) is 0 Å². The van der Waals surface area contributed by atoms with Gasteiger partial charge >= 0.3 is 0 Å². The fraction of sp³-hybridized carbons (Fsp3) is 0.286. The summed E-state index contributed by atoms with van der Waals surface area (Å²) in [5.41, 5.74) is 0. The zero-order valence-corrected chi connectivity index (χ0v) is 13.2. The highest BCUT2D eigenvalue weighted by Gasteiger charge is 2.25. The second-order valence-corrected chi connectivity index (χ2v) is 6.69. The van der Waals surface area contributed by atoms with Crippen molar-refractivity contribution in [2.75, 3.05) is 10.8 Å². The van der Waals surface area contributed by atoms with Gasteiger partial charge in [-0.05, 0) is 18.6 Å². The van der Waals surface area contributed by atoms with Gasteiger partial charge in [0.15, 0.2) is 0 Å². The lowest BCUT2D eigenvalue weighted by molar-refractivity contribution is 0.588. The van der Waals surface area contributed by atoms with Crippen LogP contribution in [0.3, 0.4) is 0 Å². The first kappa shape index (κ1) is 15.7. The maximum Gasteiger partial charge on any atom is 0.265 e. The van der Waals surface area contributed by atoms with Crippen molar-refractivity contribution in [3.05, 3.63) is 47.9 Å². The molecule has 0 aliphatic heterocycles. The average Bonchev–Trinajstić information content (AvgIpc) is 2.48. The molecule has 0 radical (unpaired) electrons. The largest absolute Gasteiger partial charge is 0.265 e. The lowest BCUT2D eigenvalue weighted by Crippen LogP contribution is -2.32. The zero-order chi connectivity index (χ0) is 15.3. The molecular formula is C14H16ClN3O2S. The summed E-state index contributed by atoms with van der Waals surface area (Å²) in [7, 11) is -3.66. The van der Waals surface area contributed by atoms with E-state index in [1.54, 1.807) is 30.3 Å². The number of rotatable bonds is 6. The van der Waals surface area contributed by atoms with Crippen molar-refractivity contribution in [1.82, 2.24) is 9.97 Å². The Balaban J connectivity index is 2.45. The Morgan fingerprint density at radius 2 is 1.90 bits per heavy atom. The van der Waals surface area contributed by atoms with Crippen molar-refractivity contribution >= 4 is 27.4 Å². The van der Waals surface area contributed by atoms with Gasteiger partial charge < -0.3 is 0 Å². The first-order valence-corrected chi connectivity index (χ1v) is 8.43. The third-order valence-electron chi connectivity index (χ3n) is 2.92. The highest BCUT2D eigenvalue weighted by molar-refractivity contribution is 7.92. The summed E-state index contributed by atoms with van der Waals surface area (Å²) >= 11 is 5.85. The molecule has 0 amide bonds. The summed E-state index contributed by atoms with van der Waals surface area (Å²) in [6.07, 6.45) is 2.87. The van der Waals surface area contributed by atoms with Crippen LogP contribution in [0.4, 0.5) is 5.82 Å². The number of hydrogen-bond donors (Lipinski definition) is 0. The van der Waals surface area contributed by atoms with Crippen molar-refractivity contribution in [1.29, 1.82) is 0 Å². The Labute approximate surface area is 129 Å². The molecule has 0 N–H and O–H groups in total. The molecule has 1 aromatic heterocycles. The smallest absolute Gasteiger partial charge is 0.250 e. The highest BCUT2D eigenvalue weighted by atomic mass is 35.5. The Morgan fingerprint density at radius 1 is 1.19 bits per heavy atom. The fourth-order valence-corrected chi connectivity index (χ4v) is 3.45. The summed E-state index contributed by atoms with van der Waals surface area (Å²) in [4.78, 5) is 8.06. The number of nitrogens with zero attached hydrogens (tertiary/aromatic N) is 3. The van der Waals surface area contributed by atoms with E-state index in [4.69, 9.17) is 11.6 Å². The predicted octanol–water partition coefficient (Wildman–Crippen LogP) is 3.13. The van der Waals surface area contributed by atoms with Crippen LogP contribution in [-0.4, -0.2) is 24.9 Å². The van der Waals surface area contributed by atoms with Crippen molar-refractivity contribution in [2.45, 2.75) is 24.7 Å². The molecule has 0 fully saturated rings. The van der Waals surface area contributed by atoms with Crippen molar-refractivity contribution in [3.63, 3.8) is 0 Å². The number of aromatic nitrogens is 2. The molecule has 5 nitrogen and oxygen atoms in total. The van der Waals surface area contributed by atoms with Crippen LogP contribution >= 0.6 is 11.6 Å². The SMILES string of the molecule is CCCCN(c1cc(Cl)ncn1)S(=O)(=O)c1ccccc1. The summed E-state index contributed by atoms with van der Waals surface area (Å²) in [6.45, 7) is 2.35. The zero-order valence-electron chi connectivity index (χ0n) is 11.6. The number of benzene rings is 1. The minimum absolute atomic E-state index is 0.213. The van der Waals surface area contributed by atoms with Gasteiger partial charge in [0.2, 0.25) is 0 Å². The van der Waals surface area contributed by atoms with E-state index in [9.17, 15) is 8.42 Å². The van der Waals surface area contributed by atoms with Gasteiger partial charge in [-0.3, -0.25) is 0 Å². The third kappa shape index (κ3) is 3.71. The standard InChI is InChI=1S/C14H16ClN3O2S/c1-2-3-9-18(14-10-13(15)16-11-17-14)21(19,20)12-7-5-4-6-8-12/h4-8,10-11H,2-3,9H2,1H3. The molecule has 0 saturated heterocycles. The molecule has 21 heavy (non-hydrogen) atoms. The number of halogens is 1. The van der Waals surface area contributed by atoms with E-state index in [-0.39, 0.29) is 15.9 Å². The third-order valence-corrected chi connectivity index (χ3v) is 4.95. The highest BCUT2D eigenvalue weighted by Crippen LogP contribution is 2.23. The van der Waals surface area contributed by atoms with Gasteiger partial charge in [-0.1, -0.05) is 43.1 Å². The van der Waals surface area contributed by atoms with Crippen LogP contribution in [-0.2, 0) is 10.0 Å². The molecular weight excluding hydrogens is 310 g/mol. The van der Waals surface area contributed by atoms with Gasteiger partial charge in [-0.15, -0.1) is 0 Å². The Bertz CT molecular complexity index is 692. The van der Waals surface area contributed by atoms with E-state index in [1.165, 1.54) is 16.7 Å². The average molecular weight is 326 g/mol. The number of anilines is 1. The summed E-state index contributed by atoms with van der Waals surface area (Å²) < 4.78 is 26.8. The predicted molar refractivity (Wildman–Crippen MR) is 82.9 cm³/mol. The first-order valence-electron chi connectivity index (χ1n) is 6.61. The van der Waals surface area contributed by atoms with E-state index >= 15 is 0 Å². The normalized spacial score (nSPS) is 11.3. The molecule has 7 heteroatoms. The first-order chi connectivity index (χ1) is 10.1. The number of unbranched alkanes of at least 4 members (excludes halogenated alkanes) is 1. The van der Waals surface area contributed by atoms with E-state index < -0.39 is 10.0 Å². The van der Waals surface area contributed by atoms with Gasteiger partial charge in [0, 0.05) is 12.6 Å². The molecule has 0 bridgehead atoms. The second kappa shape index (κ2) is 6.87. The maximum absolute atomic E-state index is 12.8. The lowest BCUT2D eigenvalue weighted by Gasteiger charge is -2.23. The Kier molecular flexibility index (Phi) is 5.14. The summed E-state index contributed by atoms with van der Waals surface area (Å²) in [5.74, 6) is 0.285. The minimum Gasteiger partial charge on any atom is -0.250 e. The monoisotopic (exact) mass is 325 g/mol. The molecule has 0 spiro atoms. The van der Waals surface area contributed by atoms with Gasteiger partial charge in [-0.25, -0.2) is 22.7 Å². The topological polar surface area (TPSA) is 63.2 Å². The van der Waals surface area contributed by atoms with Gasteiger partial charge in [0.05, 0.1) is 4.90 Å². The minimum atomic E-state index is -3.66. The molecule has 0 atom stereocenters. The van der Waals surface area contributed by atoms with Crippen LogP contribution in [0.15, 0.2) is 47.6 Å². The van der Waals surface area contributed by atoms with Crippen LogP contribution in [0.25, 0.3) is 0 Å². The summed E-state index contributed by atoms with van der Waals surface area (Å²) in [5, 5.41) is 0.213. The van der Waals surface area contributed by atoms with E-state index in [0.29, 0.717) is 6.54 Å². The number of sulfonamides is 1. The van der Waals surface area contributed by atoms with Crippen molar-refractivity contribution < 1.29 is 8.42 Å². The molecule has 0 saturated carbocycles. The van der Waals surface area contributed by atoms with Crippen molar-refractivity contribution in [3.8, 4) is 0 Å². The molecule has 0 aliphatic carbocycles. The molecule has 1 heterocycles. The molecule has 0 aliphatic rings. The Hall–Kier alpha value is -1.66. The van der Waals surface area contributed by atoms with Gasteiger partial charge in [0.1, 0.15) is 17.3 Å². The van der Waals surface area contributed by atoms with Crippen molar-refractivity contribution in [2.24, 2.45) is 0 Å². The quantitative estimate of drug-likeness (QED) is 0.765. The molecule has 1 aromatic carbocycles. The van der Waals surface area contributed by atoms with E-state index in [0.717, 1.165) is 12.8 Å². The van der Waals surface area contributed by atoms with Gasteiger partial charge in [0.25, 0.3) is 10.0 Å². The lowest BCUT2D eigenvalue weighted by atomic mass is 10.3. The molecule has 2 aromatic rings.